The number of hydrogen-bond donors (Lipinski definition) is 1. The van der Waals surface area contributed by atoms with Gasteiger partial charge in [0.2, 0.25) is 0 Å². The van der Waals surface area contributed by atoms with Gasteiger partial charge in [-0.15, -0.1) is 0 Å². The van der Waals surface area contributed by atoms with E-state index in [0.717, 1.165) is 19.4 Å². The molecule has 0 bridgehead atoms. The fourth-order valence-corrected chi connectivity index (χ4v) is 1.21. The lowest BCUT2D eigenvalue weighted by Crippen LogP contribution is -2.15. The monoisotopic (exact) mass is 253 g/mol. The van der Waals surface area contributed by atoms with Crippen molar-refractivity contribution in [1.29, 1.82) is 0 Å². The van der Waals surface area contributed by atoms with Crippen molar-refractivity contribution in [2.24, 2.45) is 5.14 Å². The minimum absolute atomic E-state index is 0.375. The van der Waals surface area contributed by atoms with Crippen LogP contribution in [0.15, 0.2) is 0 Å². The molecule has 98 valence electrons. The Morgan fingerprint density at radius 1 is 0.938 bits per heavy atom. The summed E-state index contributed by atoms with van der Waals surface area (Å²) in [6.45, 7) is 5.62. The molecule has 1 atom stereocenters. The van der Waals surface area contributed by atoms with E-state index in [-0.39, 0.29) is 0 Å². The van der Waals surface area contributed by atoms with Crippen LogP contribution in [0.2, 0.25) is 0 Å². The number of unbranched alkanes of at least 4 members (excludes halogenated alkanes) is 1. The van der Waals surface area contributed by atoms with E-state index < -0.39 is 11.0 Å². The molecule has 0 rings (SSSR count). The average molecular weight is 253 g/mol. The number of rotatable bonds is 12. The maximum atomic E-state index is 10.5. The zero-order valence-corrected chi connectivity index (χ0v) is 10.8. The van der Waals surface area contributed by atoms with Gasteiger partial charge in [0.1, 0.15) is 0 Å². The van der Waals surface area contributed by atoms with Crippen LogP contribution in [0.25, 0.3) is 0 Å². The van der Waals surface area contributed by atoms with Gasteiger partial charge in [-0.3, -0.25) is 5.14 Å². The molecule has 0 aromatic heterocycles. The first kappa shape index (κ1) is 16.0. The summed E-state index contributed by atoms with van der Waals surface area (Å²) in [6, 6.07) is 0. The highest BCUT2D eigenvalue weighted by Crippen LogP contribution is 1.88. The maximum Gasteiger partial charge on any atom is 0.0911 e. The predicted molar refractivity (Wildman–Crippen MR) is 64.6 cm³/mol. The highest BCUT2D eigenvalue weighted by Gasteiger charge is 1.93. The van der Waals surface area contributed by atoms with E-state index in [9.17, 15) is 4.21 Å². The SMILES string of the molecule is CCCCOCCOCCOCCS(N)=O. The Labute approximate surface area is 100 Å². The highest BCUT2D eigenvalue weighted by molar-refractivity contribution is 7.82. The van der Waals surface area contributed by atoms with Crippen molar-refractivity contribution < 1.29 is 18.4 Å². The third-order valence-electron chi connectivity index (χ3n) is 1.82. The Balaban J connectivity index is 2.90. The van der Waals surface area contributed by atoms with Crippen LogP contribution in [0.3, 0.4) is 0 Å². The fraction of sp³-hybridized carbons (Fsp3) is 1.00. The van der Waals surface area contributed by atoms with Gasteiger partial charge in [-0.05, 0) is 6.42 Å². The second-order valence-electron chi connectivity index (χ2n) is 3.28. The molecule has 0 heterocycles. The molecule has 16 heavy (non-hydrogen) atoms. The van der Waals surface area contributed by atoms with Gasteiger partial charge in [-0.1, -0.05) is 13.3 Å². The molecule has 0 amide bonds. The second kappa shape index (κ2) is 13.1. The summed E-state index contributed by atoms with van der Waals surface area (Å²) >= 11 is 0. The van der Waals surface area contributed by atoms with Crippen molar-refractivity contribution in [3.05, 3.63) is 0 Å². The van der Waals surface area contributed by atoms with Gasteiger partial charge in [-0.25, -0.2) is 4.21 Å². The molecule has 6 heteroatoms. The van der Waals surface area contributed by atoms with Crippen molar-refractivity contribution in [3.8, 4) is 0 Å². The minimum atomic E-state index is -1.27. The van der Waals surface area contributed by atoms with Crippen LogP contribution in [0.1, 0.15) is 19.8 Å². The highest BCUT2D eigenvalue weighted by atomic mass is 32.2. The first-order valence-electron chi connectivity index (χ1n) is 5.63. The van der Waals surface area contributed by atoms with Gasteiger partial charge in [0, 0.05) is 6.61 Å². The summed E-state index contributed by atoms with van der Waals surface area (Å²) in [5.74, 6) is 0.375. The Morgan fingerprint density at radius 2 is 1.44 bits per heavy atom. The molecule has 0 aliphatic carbocycles. The molecular weight excluding hydrogens is 230 g/mol. The topological polar surface area (TPSA) is 70.8 Å². The van der Waals surface area contributed by atoms with Gasteiger partial charge in [0.25, 0.3) is 0 Å². The van der Waals surface area contributed by atoms with Gasteiger partial charge < -0.3 is 14.2 Å². The Bertz CT molecular complexity index is 169. The number of hydrogen-bond acceptors (Lipinski definition) is 4. The normalized spacial score (nSPS) is 12.9. The number of ether oxygens (including phenoxy) is 3. The van der Waals surface area contributed by atoms with E-state index in [1.807, 2.05) is 0 Å². The quantitative estimate of drug-likeness (QED) is 0.513. The first-order chi connectivity index (χ1) is 7.77. The first-order valence-corrected chi connectivity index (χ1v) is 7.01. The molecule has 1 unspecified atom stereocenters. The zero-order valence-electron chi connectivity index (χ0n) is 9.98. The zero-order chi connectivity index (χ0) is 12.1. The third-order valence-corrected chi connectivity index (χ3v) is 2.38. The molecule has 0 aliphatic heterocycles. The molecule has 0 saturated carbocycles. The van der Waals surface area contributed by atoms with Crippen molar-refractivity contribution in [2.75, 3.05) is 45.4 Å². The molecule has 0 fully saturated rings. The van der Waals surface area contributed by atoms with Crippen molar-refractivity contribution in [1.82, 2.24) is 0 Å². The van der Waals surface area contributed by atoms with Crippen LogP contribution in [-0.4, -0.2) is 49.6 Å². The molecule has 5 nitrogen and oxygen atoms in total. The molecule has 2 N–H and O–H groups in total. The van der Waals surface area contributed by atoms with Gasteiger partial charge in [0.15, 0.2) is 0 Å². The molecule has 0 aromatic rings. The second-order valence-corrected chi connectivity index (χ2v) is 4.45. The molecule has 0 radical (unpaired) electrons. The van der Waals surface area contributed by atoms with E-state index in [1.165, 1.54) is 0 Å². The van der Waals surface area contributed by atoms with E-state index in [2.05, 4.69) is 6.92 Å². The lowest BCUT2D eigenvalue weighted by Gasteiger charge is -2.05. The van der Waals surface area contributed by atoms with Crippen molar-refractivity contribution >= 4 is 11.0 Å². The van der Waals surface area contributed by atoms with Crippen molar-refractivity contribution in [2.45, 2.75) is 19.8 Å². The molecular formula is C10H23NO4S. The van der Waals surface area contributed by atoms with Crippen LogP contribution in [0.4, 0.5) is 0 Å². The van der Waals surface area contributed by atoms with Crippen LogP contribution < -0.4 is 5.14 Å². The summed E-state index contributed by atoms with van der Waals surface area (Å²) in [6.07, 6.45) is 2.25. The summed E-state index contributed by atoms with van der Waals surface area (Å²) in [4.78, 5) is 0. The van der Waals surface area contributed by atoms with E-state index >= 15 is 0 Å². The van der Waals surface area contributed by atoms with Gasteiger partial charge >= 0.3 is 0 Å². The van der Waals surface area contributed by atoms with Crippen LogP contribution in [0.5, 0.6) is 0 Å². The van der Waals surface area contributed by atoms with Crippen molar-refractivity contribution in [3.63, 3.8) is 0 Å². The minimum Gasteiger partial charge on any atom is -0.379 e. The van der Waals surface area contributed by atoms with E-state index in [0.29, 0.717) is 38.8 Å². The lowest BCUT2D eigenvalue weighted by molar-refractivity contribution is 0.0168. The summed E-state index contributed by atoms with van der Waals surface area (Å²) < 4.78 is 26.2. The van der Waals surface area contributed by atoms with Gasteiger partial charge in [0.05, 0.1) is 49.8 Å². The molecule has 0 aliphatic rings. The summed E-state index contributed by atoms with van der Waals surface area (Å²) in [5.41, 5.74) is 0. The molecule has 0 aromatic carbocycles. The largest absolute Gasteiger partial charge is 0.379 e. The summed E-state index contributed by atoms with van der Waals surface area (Å²) in [5, 5.41) is 5.06. The smallest absolute Gasteiger partial charge is 0.0911 e. The molecule has 0 spiro atoms. The Hall–Kier alpha value is -0.0100. The average Bonchev–Trinajstić information content (AvgIpc) is 2.25. The van der Waals surface area contributed by atoms with Crippen LogP contribution >= 0.6 is 0 Å². The summed E-state index contributed by atoms with van der Waals surface area (Å²) in [7, 11) is -1.27. The van der Waals surface area contributed by atoms with Gasteiger partial charge in [-0.2, -0.15) is 0 Å². The molecule has 0 saturated heterocycles. The Kier molecular flexibility index (Phi) is 13.0. The standard InChI is InChI=1S/C10H23NO4S/c1-2-3-4-13-5-6-14-7-8-15-9-10-16(11)12/h2-11H2,1H3. The van der Waals surface area contributed by atoms with E-state index in [1.54, 1.807) is 0 Å². The van der Waals surface area contributed by atoms with Crippen LogP contribution in [0, 0.1) is 0 Å². The third kappa shape index (κ3) is 14.0. The van der Waals surface area contributed by atoms with Crippen LogP contribution in [-0.2, 0) is 25.2 Å². The lowest BCUT2D eigenvalue weighted by atomic mass is 10.4. The number of nitrogens with two attached hydrogens (primary N) is 1. The fourth-order valence-electron chi connectivity index (χ4n) is 0.929. The predicted octanol–water partition coefficient (Wildman–Crippen LogP) is 0.459. The Morgan fingerprint density at radius 3 is 1.94 bits per heavy atom. The van der Waals surface area contributed by atoms with E-state index in [4.69, 9.17) is 19.3 Å². The maximum absolute atomic E-state index is 10.5.